The molecule has 0 bridgehead atoms. The molecule has 9 nitrogen and oxygen atoms in total. The molecule has 4 rings (SSSR count). The van der Waals surface area contributed by atoms with Crippen LogP contribution in [0.4, 0.5) is 5.69 Å². The van der Waals surface area contributed by atoms with Gasteiger partial charge in [0, 0.05) is 24.1 Å². The molecule has 3 heterocycles. The quantitative estimate of drug-likeness (QED) is 0.399. The van der Waals surface area contributed by atoms with E-state index in [1.165, 1.54) is 42.3 Å². The zero-order valence-electron chi connectivity index (χ0n) is 17.8. The molecule has 0 N–H and O–H groups in total. The number of Topliss-reactive ketones (excluding diaryl/α,β-unsaturated/α-hetero) is 1. The Kier molecular flexibility index (Phi) is 6.53. The second-order valence-electron chi connectivity index (χ2n) is 8.43. The number of nitrogens with zero attached hydrogens (tertiary/aromatic N) is 6. The van der Waals surface area contributed by atoms with Crippen LogP contribution in [0.15, 0.2) is 36.9 Å². The van der Waals surface area contributed by atoms with E-state index in [1.54, 1.807) is 18.2 Å². The largest absolute Gasteiger partial charge is 0.306 e. The summed E-state index contributed by atoms with van der Waals surface area (Å²) in [6.45, 7) is 4.11. The van der Waals surface area contributed by atoms with Crippen LogP contribution in [0.2, 0.25) is 0 Å². The van der Waals surface area contributed by atoms with Crippen molar-refractivity contribution in [3.05, 3.63) is 52.6 Å². The number of carbonyl (C=O) groups is 1. The first kappa shape index (κ1) is 21.3. The number of benzene rings is 1. The summed E-state index contributed by atoms with van der Waals surface area (Å²) in [5.74, 6) is -0.0725. The van der Waals surface area contributed by atoms with E-state index in [2.05, 4.69) is 26.9 Å². The third kappa shape index (κ3) is 5.05. The topological polar surface area (TPSA) is 97.4 Å². The highest BCUT2D eigenvalue weighted by Crippen LogP contribution is 2.28. The van der Waals surface area contributed by atoms with E-state index in [1.807, 2.05) is 0 Å². The maximum atomic E-state index is 13.4. The Labute approximate surface area is 181 Å². The molecule has 1 aromatic carbocycles. The molecule has 0 atom stereocenters. The van der Waals surface area contributed by atoms with Crippen molar-refractivity contribution >= 4 is 23.2 Å². The van der Waals surface area contributed by atoms with Crippen LogP contribution in [0.1, 0.15) is 31.2 Å². The molecular weight excluding hydrogens is 396 g/mol. The third-order valence-electron chi connectivity index (χ3n) is 6.41. The molecule has 2 fully saturated rings. The molecule has 164 valence electrons. The normalized spacial score (nSPS) is 20.1. The lowest BCUT2D eigenvalue weighted by Crippen LogP contribution is -2.47. The number of nitro groups is 1. The Morgan fingerprint density at radius 1 is 1.16 bits per heavy atom. The van der Waals surface area contributed by atoms with E-state index in [9.17, 15) is 14.9 Å². The Bertz CT molecular complexity index is 942. The number of nitro benzene ring substituents is 1. The van der Waals surface area contributed by atoms with Crippen LogP contribution in [-0.2, 0) is 4.79 Å². The molecule has 2 aromatic rings. The lowest BCUT2D eigenvalue weighted by atomic mass is 9.88. The maximum Gasteiger partial charge on any atom is 0.270 e. The second-order valence-corrected chi connectivity index (χ2v) is 8.43. The van der Waals surface area contributed by atoms with Crippen LogP contribution < -0.4 is 0 Å². The first-order valence-electron chi connectivity index (χ1n) is 10.8. The van der Waals surface area contributed by atoms with Crippen molar-refractivity contribution in [1.82, 2.24) is 24.6 Å². The average molecular weight is 425 g/mol. The molecular formula is C22H28N6O3. The van der Waals surface area contributed by atoms with Gasteiger partial charge in [0.1, 0.15) is 18.4 Å². The monoisotopic (exact) mass is 424 g/mol. The van der Waals surface area contributed by atoms with E-state index < -0.39 is 4.92 Å². The van der Waals surface area contributed by atoms with Gasteiger partial charge < -0.3 is 9.80 Å². The van der Waals surface area contributed by atoms with E-state index in [0.717, 1.165) is 39.0 Å². The van der Waals surface area contributed by atoms with Crippen molar-refractivity contribution in [2.24, 2.45) is 5.92 Å². The Balaban J connectivity index is 1.49. The molecule has 31 heavy (non-hydrogen) atoms. The lowest BCUT2D eigenvalue weighted by molar-refractivity contribution is -0.384. The molecule has 2 aliphatic rings. The summed E-state index contributed by atoms with van der Waals surface area (Å²) in [7, 11) is 2.17. The first-order chi connectivity index (χ1) is 15.0. The number of aromatic nitrogens is 3. The van der Waals surface area contributed by atoms with E-state index in [4.69, 9.17) is 0 Å². The summed E-state index contributed by atoms with van der Waals surface area (Å²) in [5, 5.41) is 15.3. The van der Waals surface area contributed by atoms with E-state index in [0.29, 0.717) is 17.3 Å². The van der Waals surface area contributed by atoms with Gasteiger partial charge in [0.15, 0.2) is 5.78 Å². The molecule has 2 saturated heterocycles. The number of non-ortho nitro benzene ring substituents is 1. The van der Waals surface area contributed by atoms with Crippen molar-refractivity contribution in [3.63, 3.8) is 0 Å². The van der Waals surface area contributed by atoms with Crippen molar-refractivity contribution in [3.8, 4) is 0 Å². The maximum absolute atomic E-state index is 13.4. The van der Waals surface area contributed by atoms with Gasteiger partial charge in [0.2, 0.25) is 0 Å². The number of piperidine rings is 2. The standard InChI is InChI=1S/C22H28N6O3/c1-25-9-7-19(8-10-25)26-11-5-18(6-12-26)22(29)21(27-16-23-15-24-27)14-17-3-2-4-20(13-17)28(30)31/h2-4,13-16,18-19H,5-12H2,1H3/b21-14-. The number of likely N-dealkylation sites (tertiary alicyclic amines) is 2. The van der Waals surface area contributed by atoms with Crippen LogP contribution in [0.5, 0.6) is 0 Å². The minimum Gasteiger partial charge on any atom is -0.306 e. The summed E-state index contributed by atoms with van der Waals surface area (Å²) in [5.41, 5.74) is 0.984. The molecule has 0 radical (unpaired) electrons. The molecule has 0 saturated carbocycles. The van der Waals surface area contributed by atoms with Gasteiger partial charge in [0.25, 0.3) is 5.69 Å². The van der Waals surface area contributed by atoms with Crippen LogP contribution >= 0.6 is 0 Å². The molecule has 9 heteroatoms. The second kappa shape index (κ2) is 9.49. The van der Waals surface area contributed by atoms with Gasteiger partial charge in [-0.3, -0.25) is 14.9 Å². The SMILES string of the molecule is CN1CCC(N2CCC(C(=O)/C(=C/c3cccc([N+](=O)[O-])c3)n3cncn3)CC2)CC1. The highest BCUT2D eigenvalue weighted by Gasteiger charge is 2.32. The zero-order valence-corrected chi connectivity index (χ0v) is 17.8. The van der Waals surface area contributed by atoms with Crippen molar-refractivity contribution < 1.29 is 9.72 Å². The van der Waals surface area contributed by atoms with Crippen molar-refractivity contribution in [1.29, 1.82) is 0 Å². The van der Waals surface area contributed by atoms with Crippen LogP contribution in [0.25, 0.3) is 11.8 Å². The number of rotatable bonds is 6. The van der Waals surface area contributed by atoms with Gasteiger partial charge in [-0.2, -0.15) is 5.10 Å². The Morgan fingerprint density at radius 3 is 2.55 bits per heavy atom. The number of hydrogen-bond acceptors (Lipinski definition) is 7. The van der Waals surface area contributed by atoms with Gasteiger partial charge >= 0.3 is 0 Å². The zero-order chi connectivity index (χ0) is 21.8. The lowest BCUT2D eigenvalue weighted by Gasteiger charge is -2.40. The predicted molar refractivity (Wildman–Crippen MR) is 117 cm³/mol. The molecule has 2 aliphatic heterocycles. The average Bonchev–Trinajstić information content (AvgIpc) is 3.32. The van der Waals surface area contributed by atoms with Gasteiger partial charge in [-0.25, -0.2) is 9.67 Å². The molecule has 1 aromatic heterocycles. The number of allylic oxidation sites excluding steroid dienone is 1. The van der Waals surface area contributed by atoms with Crippen LogP contribution in [0, 0.1) is 16.0 Å². The summed E-state index contributed by atoms with van der Waals surface area (Å²) < 4.78 is 1.46. The Hall–Kier alpha value is -2.91. The number of hydrogen-bond donors (Lipinski definition) is 0. The highest BCUT2D eigenvalue weighted by atomic mass is 16.6. The fourth-order valence-corrected chi connectivity index (χ4v) is 4.56. The minimum atomic E-state index is -0.437. The molecule has 0 aliphatic carbocycles. The van der Waals surface area contributed by atoms with Gasteiger partial charge in [0.05, 0.1) is 4.92 Å². The predicted octanol–water partition coefficient (Wildman–Crippen LogP) is 2.56. The van der Waals surface area contributed by atoms with E-state index in [-0.39, 0.29) is 17.4 Å². The summed E-state index contributed by atoms with van der Waals surface area (Å²) in [6.07, 6.45) is 8.55. The van der Waals surface area contributed by atoms with Crippen LogP contribution in [-0.4, -0.2) is 74.5 Å². The number of carbonyl (C=O) groups excluding carboxylic acids is 1. The van der Waals surface area contributed by atoms with E-state index >= 15 is 0 Å². The third-order valence-corrected chi connectivity index (χ3v) is 6.41. The molecule has 0 amide bonds. The molecule has 0 spiro atoms. The minimum absolute atomic E-state index is 0.00873. The first-order valence-corrected chi connectivity index (χ1v) is 10.8. The highest BCUT2D eigenvalue weighted by molar-refractivity contribution is 6.20. The number of ketones is 1. The fourth-order valence-electron chi connectivity index (χ4n) is 4.56. The smallest absolute Gasteiger partial charge is 0.270 e. The van der Waals surface area contributed by atoms with Gasteiger partial charge in [-0.05, 0) is 70.5 Å². The summed E-state index contributed by atoms with van der Waals surface area (Å²) >= 11 is 0. The molecule has 0 unspecified atom stereocenters. The summed E-state index contributed by atoms with van der Waals surface area (Å²) in [4.78, 5) is 33.0. The van der Waals surface area contributed by atoms with Gasteiger partial charge in [-0.15, -0.1) is 0 Å². The van der Waals surface area contributed by atoms with Gasteiger partial charge in [-0.1, -0.05) is 12.1 Å². The van der Waals surface area contributed by atoms with Crippen molar-refractivity contribution in [2.75, 3.05) is 33.2 Å². The van der Waals surface area contributed by atoms with Crippen molar-refractivity contribution in [2.45, 2.75) is 31.7 Å². The Morgan fingerprint density at radius 2 is 1.90 bits per heavy atom. The fraction of sp³-hybridized carbons (Fsp3) is 0.500. The van der Waals surface area contributed by atoms with Crippen LogP contribution in [0.3, 0.4) is 0 Å². The summed E-state index contributed by atoms with van der Waals surface area (Å²) in [6, 6.07) is 6.88.